The first kappa shape index (κ1) is 21.9. The van der Waals surface area contributed by atoms with Crippen molar-refractivity contribution in [2.45, 2.75) is 65.3 Å². The van der Waals surface area contributed by atoms with Crippen LogP contribution in [0.3, 0.4) is 0 Å². The van der Waals surface area contributed by atoms with E-state index in [1.54, 1.807) is 0 Å². The summed E-state index contributed by atoms with van der Waals surface area (Å²) in [6.45, 7) is 15.1. The standard InChI is InChI=1S/C23H38N2O2/c1-6-7-8-9-12-25(5)13-10-24(11-14-25)17-19-15-21(23(2,3)4)16-20(18-26)22(19)27/h15-16,18H,6-14,17H2,1-5H3/p+1. The molecule has 0 bridgehead atoms. The largest absolute Gasteiger partial charge is 0.507 e. The Bertz CT molecular complexity index is 626. The minimum absolute atomic E-state index is 0.0456. The van der Waals surface area contributed by atoms with Gasteiger partial charge in [-0.05, 0) is 29.9 Å². The van der Waals surface area contributed by atoms with Crippen LogP contribution in [0.15, 0.2) is 12.1 Å². The number of unbranched alkanes of at least 4 members (excludes halogenated alkanes) is 3. The molecule has 1 aliphatic rings. The van der Waals surface area contributed by atoms with Gasteiger partial charge in [0.05, 0.1) is 32.2 Å². The summed E-state index contributed by atoms with van der Waals surface area (Å²) in [4.78, 5) is 13.8. The molecule has 1 fully saturated rings. The molecule has 0 unspecified atom stereocenters. The third-order valence-electron chi connectivity index (χ3n) is 6.07. The Balaban J connectivity index is 2.01. The number of hydrogen-bond donors (Lipinski definition) is 1. The van der Waals surface area contributed by atoms with E-state index >= 15 is 0 Å². The van der Waals surface area contributed by atoms with Gasteiger partial charge in [0.15, 0.2) is 6.29 Å². The molecule has 0 aromatic heterocycles. The van der Waals surface area contributed by atoms with Crippen LogP contribution in [0, 0.1) is 0 Å². The number of phenolic OH excluding ortho intramolecular Hbond substituents is 1. The topological polar surface area (TPSA) is 40.5 Å². The van der Waals surface area contributed by atoms with E-state index in [1.165, 1.54) is 32.2 Å². The molecule has 0 radical (unpaired) electrons. The van der Waals surface area contributed by atoms with Crippen molar-refractivity contribution in [2.75, 3.05) is 39.8 Å². The molecule has 0 aliphatic carbocycles. The molecule has 0 spiro atoms. The van der Waals surface area contributed by atoms with Crippen molar-refractivity contribution in [2.24, 2.45) is 0 Å². The first-order chi connectivity index (χ1) is 12.7. The van der Waals surface area contributed by atoms with Gasteiger partial charge in [0, 0.05) is 25.2 Å². The lowest BCUT2D eigenvalue weighted by atomic mass is 9.84. The van der Waals surface area contributed by atoms with Gasteiger partial charge in [-0.1, -0.05) is 46.6 Å². The van der Waals surface area contributed by atoms with Crippen LogP contribution < -0.4 is 0 Å². The van der Waals surface area contributed by atoms with Crippen LogP contribution in [0.1, 0.15) is 74.9 Å². The second kappa shape index (κ2) is 9.20. The van der Waals surface area contributed by atoms with Gasteiger partial charge < -0.3 is 9.59 Å². The first-order valence-electron chi connectivity index (χ1n) is 10.6. The summed E-state index contributed by atoms with van der Waals surface area (Å²) >= 11 is 0. The quantitative estimate of drug-likeness (QED) is 0.417. The first-order valence-corrected chi connectivity index (χ1v) is 10.6. The molecule has 152 valence electrons. The Morgan fingerprint density at radius 3 is 2.37 bits per heavy atom. The number of nitrogens with zero attached hydrogens (tertiary/aromatic N) is 2. The Morgan fingerprint density at radius 2 is 1.81 bits per heavy atom. The summed E-state index contributed by atoms with van der Waals surface area (Å²) < 4.78 is 1.16. The molecule has 0 amide bonds. The van der Waals surface area contributed by atoms with Crippen LogP contribution in [0.25, 0.3) is 0 Å². The molecular formula is C23H39N2O2+. The molecule has 1 aromatic carbocycles. The normalized spacial score (nSPS) is 17.8. The molecule has 0 atom stereocenters. The predicted octanol–water partition coefficient (Wildman–Crippen LogP) is 4.34. The molecule has 4 heteroatoms. The SMILES string of the molecule is CCCCCC[N+]1(C)CCN(Cc2cc(C(C)(C)C)cc(C=O)c2O)CC1. The van der Waals surface area contributed by atoms with Crippen molar-refractivity contribution in [3.63, 3.8) is 0 Å². The Kier molecular flexibility index (Phi) is 7.47. The van der Waals surface area contributed by atoms with Crippen molar-refractivity contribution in [1.29, 1.82) is 0 Å². The molecule has 1 N–H and O–H groups in total. The fourth-order valence-electron chi connectivity index (χ4n) is 3.89. The van der Waals surface area contributed by atoms with E-state index in [2.05, 4.69) is 45.7 Å². The van der Waals surface area contributed by atoms with E-state index < -0.39 is 0 Å². The second-order valence-corrected chi connectivity index (χ2v) is 9.57. The number of hydrogen-bond acceptors (Lipinski definition) is 3. The zero-order valence-electron chi connectivity index (χ0n) is 18.1. The minimum Gasteiger partial charge on any atom is -0.507 e. The lowest BCUT2D eigenvalue weighted by molar-refractivity contribution is -0.914. The highest BCUT2D eigenvalue weighted by atomic mass is 16.3. The summed E-state index contributed by atoms with van der Waals surface area (Å²) in [5, 5.41) is 10.5. The van der Waals surface area contributed by atoms with Gasteiger partial charge in [-0.3, -0.25) is 9.69 Å². The van der Waals surface area contributed by atoms with Crippen molar-refractivity contribution in [3.8, 4) is 5.75 Å². The van der Waals surface area contributed by atoms with Gasteiger partial charge in [-0.2, -0.15) is 0 Å². The number of aldehydes is 1. The van der Waals surface area contributed by atoms with Gasteiger partial charge in [0.1, 0.15) is 5.75 Å². The third kappa shape index (κ3) is 6.05. The molecule has 2 rings (SSSR count). The number of quaternary nitrogens is 1. The van der Waals surface area contributed by atoms with Crippen LogP contribution >= 0.6 is 0 Å². The smallest absolute Gasteiger partial charge is 0.153 e. The highest BCUT2D eigenvalue weighted by molar-refractivity contribution is 5.80. The lowest BCUT2D eigenvalue weighted by Crippen LogP contribution is -2.57. The molecule has 1 aromatic rings. The maximum absolute atomic E-state index is 11.4. The summed E-state index contributed by atoms with van der Waals surface area (Å²) in [6.07, 6.45) is 6.07. The maximum atomic E-state index is 11.4. The fourth-order valence-corrected chi connectivity index (χ4v) is 3.89. The Labute approximate surface area is 165 Å². The van der Waals surface area contributed by atoms with Crippen molar-refractivity contribution in [1.82, 2.24) is 4.90 Å². The fraction of sp³-hybridized carbons (Fsp3) is 0.696. The van der Waals surface area contributed by atoms with Crippen LogP contribution in [0.4, 0.5) is 0 Å². The van der Waals surface area contributed by atoms with Crippen LogP contribution in [0.5, 0.6) is 5.75 Å². The average Bonchev–Trinajstić information content (AvgIpc) is 2.61. The van der Waals surface area contributed by atoms with E-state index in [9.17, 15) is 9.90 Å². The average molecular weight is 376 g/mol. The number of likely N-dealkylation sites (N-methyl/N-ethyl adjacent to an activating group) is 1. The molecule has 1 saturated heterocycles. The molecule has 1 heterocycles. The van der Waals surface area contributed by atoms with E-state index in [0.29, 0.717) is 12.1 Å². The van der Waals surface area contributed by atoms with E-state index in [4.69, 9.17) is 0 Å². The monoisotopic (exact) mass is 375 g/mol. The molecule has 4 nitrogen and oxygen atoms in total. The van der Waals surface area contributed by atoms with Gasteiger partial charge in [0.2, 0.25) is 0 Å². The molecular weight excluding hydrogens is 336 g/mol. The number of aromatic hydroxyl groups is 1. The number of carbonyl (C=O) groups excluding carboxylic acids is 1. The Morgan fingerprint density at radius 1 is 1.15 bits per heavy atom. The number of benzene rings is 1. The zero-order valence-corrected chi connectivity index (χ0v) is 18.1. The van der Waals surface area contributed by atoms with Crippen molar-refractivity contribution in [3.05, 3.63) is 28.8 Å². The maximum Gasteiger partial charge on any atom is 0.153 e. The highest BCUT2D eigenvalue weighted by Gasteiger charge is 2.29. The van der Waals surface area contributed by atoms with Gasteiger partial charge >= 0.3 is 0 Å². The van der Waals surface area contributed by atoms with Crippen molar-refractivity contribution < 1.29 is 14.4 Å². The highest BCUT2D eigenvalue weighted by Crippen LogP contribution is 2.31. The van der Waals surface area contributed by atoms with Gasteiger partial charge in [-0.15, -0.1) is 0 Å². The predicted molar refractivity (Wildman–Crippen MR) is 112 cm³/mol. The van der Waals surface area contributed by atoms with E-state index in [0.717, 1.165) is 48.1 Å². The van der Waals surface area contributed by atoms with Gasteiger partial charge in [0.25, 0.3) is 0 Å². The van der Waals surface area contributed by atoms with Crippen LogP contribution in [0.2, 0.25) is 0 Å². The number of rotatable bonds is 8. The zero-order chi connectivity index (χ0) is 20.1. The van der Waals surface area contributed by atoms with Gasteiger partial charge in [-0.25, -0.2) is 0 Å². The summed E-state index contributed by atoms with van der Waals surface area (Å²) in [6, 6.07) is 3.90. The summed E-state index contributed by atoms with van der Waals surface area (Å²) in [5.41, 5.74) is 2.34. The van der Waals surface area contributed by atoms with Crippen molar-refractivity contribution >= 4 is 6.29 Å². The number of carbonyl (C=O) groups is 1. The summed E-state index contributed by atoms with van der Waals surface area (Å²) in [7, 11) is 2.38. The third-order valence-corrected chi connectivity index (χ3v) is 6.07. The summed E-state index contributed by atoms with van der Waals surface area (Å²) in [5.74, 6) is 0.153. The molecule has 27 heavy (non-hydrogen) atoms. The van der Waals surface area contributed by atoms with Crippen LogP contribution in [-0.2, 0) is 12.0 Å². The molecule has 0 saturated carbocycles. The van der Waals surface area contributed by atoms with E-state index in [1.807, 2.05) is 6.07 Å². The second-order valence-electron chi connectivity index (χ2n) is 9.57. The van der Waals surface area contributed by atoms with Crippen LogP contribution in [-0.4, -0.2) is 60.5 Å². The Hall–Kier alpha value is -1.39. The number of phenols is 1. The lowest BCUT2D eigenvalue weighted by Gasteiger charge is -2.42. The number of piperazine rings is 1. The van der Waals surface area contributed by atoms with E-state index in [-0.39, 0.29) is 11.2 Å². The molecule has 1 aliphatic heterocycles. The minimum atomic E-state index is -0.0456.